The minimum Gasteiger partial charge on any atom is -0.494 e. The van der Waals surface area contributed by atoms with Gasteiger partial charge in [0, 0.05) is 12.2 Å². The SMILES string of the molecule is C=CC(=O)OCCCCCCOc1ccc(C(=O)Oc2ccc(C(=O)Oc3ccc(C#N)c(C#N)c3OC(=O)c3ccc(OC(=O)c4ccc(OCCCCCCOC(=O)C=C)cc4)cc3)cc2)cc1. The molecule has 0 heterocycles. The molecular weight excluding hydrogens is 901 g/mol. The Balaban J connectivity index is 1.10. The van der Waals surface area contributed by atoms with Crippen molar-refractivity contribution >= 4 is 35.8 Å². The van der Waals surface area contributed by atoms with Crippen molar-refractivity contribution < 1.29 is 66.7 Å². The lowest BCUT2D eigenvalue weighted by molar-refractivity contribution is -0.138. The minimum atomic E-state index is -0.978. The van der Waals surface area contributed by atoms with Gasteiger partial charge in [-0.3, -0.25) is 0 Å². The summed E-state index contributed by atoms with van der Waals surface area (Å²) < 4.78 is 43.4. The number of nitrogens with zero attached hydrogens (tertiary/aromatic N) is 2. The van der Waals surface area contributed by atoms with Crippen LogP contribution in [0.25, 0.3) is 0 Å². The van der Waals surface area contributed by atoms with Gasteiger partial charge < -0.3 is 37.9 Å². The Bertz CT molecular complexity index is 2720. The highest BCUT2D eigenvalue weighted by molar-refractivity contribution is 5.95. The molecule has 16 nitrogen and oxygen atoms in total. The van der Waals surface area contributed by atoms with Gasteiger partial charge in [-0.05, 0) is 161 Å². The molecule has 0 aromatic heterocycles. The van der Waals surface area contributed by atoms with Crippen molar-refractivity contribution in [3.05, 3.63) is 168 Å². The van der Waals surface area contributed by atoms with Gasteiger partial charge in [0.1, 0.15) is 40.7 Å². The molecule has 0 aliphatic rings. The largest absolute Gasteiger partial charge is 0.494 e. The molecular formula is C54H48N2O14. The highest BCUT2D eigenvalue weighted by atomic mass is 16.6. The highest BCUT2D eigenvalue weighted by Crippen LogP contribution is 2.35. The molecule has 0 N–H and O–H groups in total. The number of hydrogen-bond donors (Lipinski definition) is 0. The van der Waals surface area contributed by atoms with Crippen LogP contribution in [0.1, 0.15) is 104 Å². The third-order valence-electron chi connectivity index (χ3n) is 9.97. The number of rotatable bonds is 26. The maximum absolute atomic E-state index is 13.4. The summed E-state index contributed by atoms with van der Waals surface area (Å²) >= 11 is 0. The Kier molecular flexibility index (Phi) is 20.5. The normalized spacial score (nSPS) is 10.3. The standard InChI is InChI=1S/C54H48N2O14/c1-3-48(57)65-33-11-7-5-9-31-63-42-22-13-37(14-23-42)51(59)67-44-26-17-39(18-27-44)53(61)69-47-30-21-41(35-55)46(36-56)50(47)70-54(62)40-19-28-45(29-20-40)68-52(60)38-15-24-43(25-16-38)64-32-10-6-8-12-34-66-49(58)4-2/h3-4,13-30H,1-2,5-12,31-34H2. The topological polar surface area (TPSA) is 224 Å². The van der Waals surface area contributed by atoms with Gasteiger partial charge >= 0.3 is 35.8 Å². The van der Waals surface area contributed by atoms with E-state index in [1.165, 1.54) is 60.7 Å². The van der Waals surface area contributed by atoms with E-state index in [2.05, 4.69) is 13.2 Å². The summed E-state index contributed by atoms with van der Waals surface area (Å²) in [7, 11) is 0. The fourth-order valence-corrected chi connectivity index (χ4v) is 6.24. The monoisotopic (exact) mass is 948 g/mol. The van der Waals surface area contributed by atoms with Gasteiger partial charge in [0.2, 0.25) is 0 Å². The van der Waals surface area contributed by atoms with Gasteiger partial charge in [-0.15, -0.1) is 0 Å². The fourth-order valence-electron chi connectivity index (χ4n) is 6.24. The molecule has 0 fully saturated rings. The van der Waals surface area contributed by atoms with Gasteiger partial charge in [-0.25, -0.2) is 28.8 Å². The smallest absolute Gasteiger partial charge is 0.343 e. The van der Waals surface area contributed by atoms with Crippen molar-refractivity contribution in [2.45, 2.75) is 51.4 Å². The van der Waals surface area contributed by atoms with Crippen LogP contribution in [0.5, 0.6) is 34.5 Å². The second-order valence-corrected chi connectivity index (χ2v) is 15.0. The number of carbonyl (C=O) groups excluding carboxylic acids is 6. The van der Waals surface area contributed by atoms with Crippen molar-refractivity contribution in [3.8, 4) is 46.6 Å². The van der Waals surface area contributed by atoms with Crippen LogP contribution in [0.15, 0.2) is 135 Å². The van der Waals surface area contributed by atoms with Crippen LogP contribution in [0, 0.1) is 22.7 Å². The number of benzene rings is 5. The minimum absolute atomic E-state index is 0.0114. The first-order valence-corrected chi connectivity index (χ1v) is 22.1. The van der Waals surface area contributed by atoms with Crippen LogP contribution in [0.3, 0.4) is 0 Å². The number of carbonyl (C=O) groups is 6. The first-order chi connectivity index (χ1) is 34.0. The number of esters is 6. The summed E-state index contributed by atoms with van der Waals surface area (Å²) in [6.45, 7) is 8.34. The lowest BCUT2D eigenvalue weighted by Gasteiger charge is -2.13. The molecule has 0 bridgehead atoms. The molecule has 0 aliphatic carbocycles. The second kappa shape index (κ2) is 27.6. The zero-order valence-corrected chi connectivity index (χ0v) is 38.1. The fraction of sp³-hybridized carbons (Fsp3) is 0.222. The molecule has 0 saturated carbocycles. The number of ether oxygens (including phenoxy) is 8. The first-order valence-electron chi connectivity index (χ1n) is 22.1. The Morgan fingerprint density at radius 2 is 0.771 bits per heavy atom. The first kappa shape index (κ1) is 52.0. The quantitative estimate of drug-likeness (QED) is 0.0218. The average Bonchev–Trinajstić information content (AvgIpc) is 3.38. The predicted octanol–water partition coefficient (Wildman–Crippen LogP) is 9.64. The number of hydrogen-bond acceptors (Lipinski definition) is 16. The molecule has 0 aliphatic heterocycles. The lowest BCUT2D eigenvalue weighted by Crippen LogP contribution is -2.14. The zero-order chi connectivity index (χ0) is 50.1. The molecule has 5 aromatic carbocycles. The van der Waals surface area contributed by atoms with Gasteiger partial charge in [0.05, 0.1) is 54.2 Å². The molecule has 0 saturated heterocycles. The van der Waals surface area contributed by atoms with E-state index < -0.39 is 41.6 Å². The lowest BCUT2D eigenvalue weighted by atomic mass is 10.1. The van der Waals surface area contributed by atoms with Crippen molar-refractivity contribution in [2.75, 3.05) is 26.4 Å². The van der Waals surface area contributed by atoms with E-state index >= 15 is 0 Å². The van der Waals surface area contributed by atoms with Crippen LogP contribution < -0.4 is 28.4 Å². The van der Waals surface area contributed by atoms with Crippen LogP contribution >= 0.6 is 0 Å². The zero-order valence-electron chi connectivity index (χ0n) is 38.1. The van der Waals surface area contributed by atoms with Gasteiger partial charge in [0.15, 0.2) is 11.5 Å². The molecule has 16 heteroatoms. The van der Waals surface area contributed by atoms with Crippen molar-refractivity contribution in [2.24, 2.45) is 0 Å². The third-order valence-corrected chi connectivity index (χ3v) is 9.97. The third kappa shape index (κ3) is 16.4. The molecule has 0 amide bonds. The summed E-state index contributed by atoms with van der Waals surface area (Å²) in [5.41, 5.74) is -0.0123. The number of nitriles is 2. The summed E-state index contributed by atoms with van der Waals surface area (Å²) in [5.74, 6) is -3.51. The van der Waals surface area contributed by atoms with E-state index in [4.69, 9.17) is 37.9 Å². The van der Waals surface area contributed by atoms with E-state index in [0.717, 1.165) is 63.5 Å². The maximum atomic E-state index is 13.4. The number of unbranched alkanes of at least 4 members (excludes halogenated alkanes) is 6. The predicted molar refractivity (Wildman–Crippen MR) is 252 cm³/mol. The molecule has 5 aromatic rings. The summed E-state index contributed by atoms with van der Waals surface area (Å²) in [4.78, 5) is 74.5. The molecule has 5 rings (SSSR count). The second-order valence-electron chi connectivity index (χ2n) is 15.0. The van der Waals surface area contributed by atoms with E-state index in [1.807, 2.05) is 12.1 Å². The summed E-state index contributed by atoms with van der Waals surface area (Å²) in [5, 5.41) is 19.6. The van der Waals surface area contributed by atoms with E-state index in [-0.39, 0.29) is 50.6 Å². The Labute approximate surface area is 404 Å². The van der Waals surface area contributed by atoms with Crippen LogP contribution in [-0.4, -0.2) is 62.2 Å². The molecule has 70 heavy (non-hydrogen) atoms. The Morgan fingerprint density at radius 3 is 1.14 bits per heavy atom. The molecule has 0 atom stereocenters. The van der Waals surface area contributed by atoms with Gasteiger partial charge in [-0.2, -0.15) is 10.5 Å². The van der Waals surface area contributed by atoms with Crippen LogP contribution in [0.4, 0.5) is 0 Å². The molecule has 0 spiro atoms. The van der Waals surface area contributed by atoms with Crippen molar-refractivity contribution in [1.82, 2.24) is 0 Å². The highest BCUT2D eigenvalue weighted by Gasteiger charge is 2.23. The maximum Gasteiger partial charge on any atom is 0.343 e. The molecule has 0 radical (unpaired) electrons. The summed E-state index contributed by atoms with van der Waals surface area (Å²) in [6, 6.07) is 29.7. The molecule has 0 unspecified atom stereocenters. The van der Waals surface area contributed by atoms with Crippen LogP contribution in [-0.2, 0) is 19.1 Å². The average molecular weight is 949 g/mol. The van der Waals surface area contributed by atoms with Gasteiger partial charge in [-0.1, -0.05) is 13.2 Å². The van der Waals surface area contributed by atoms with Crippen LogP contribution in [0.2, 0.25) is 0 Å². The van der Waals surface area contributed by atoms with Crippen molar-refractivity contribution in [3.63, 3.8) is 0 Å². The van der Waals surface area contributed by atoms with E-state index in [1.54, 1.807) is 48.5 Å². The van der Waals surface area contributed by atoms with Crippen molar-refractivity contribution in [1.29, 1.82) is 10.5 Å². The Morgan fingerprint density at radius 1 is 0.414 bits per heavy atom. The van der Waals surface area contributed by atoms with Gasteiger partial charge in [0.25, 0.3) is 0 Å². The molecule has 358 valence electrons. The van der Waals surface area contributed by atoms with E-state index in [0.29, 0.717) is 37.9 Å². The van der Waals surface area contributed by atoms with E-state index in [9.17, 15) is 39.3 Å². The Hall–Kier alpha value is -9.02. The summed E-state index contributed by atoms with van der Waals surface area (Å²) in [6.07, 6.45) is 8.87.